The molecule has 1 heterocycles. The molecule has 0 atom stereocenters. The first kappa shape index (κ1) is 18.6. The molecule has 0 radical (unpaired) electrons. The number of methoxy groups -OCH3 is 1. The molecule has 0 spiro atoms. The highest BCUT2D eigenvalue weighted by Gasteiger charge is 2.16. The van der Waals surface area contributed by atoms with E-state index < -0.39 is 5.91 Å². The summed E-state index contributed by atoms with van der Waals surface area (Å²) < 4.78 is 12.1. The van der Waals surface area contributed by atoms with E-state index in [4.69, 9.17) is 26.8 Å². The Bertz CT molecular complexity index is 775. The molecule has 3 N–H and O–H groups in total. The van der Waals surface area contributed by atoms with Crippen LogP contribution in [0.25, 0.3) is 0 Å². The minimum absolute atomic E-state index is 0.151. The van der Waals surface area contributed by atoms with Gasteiger partial charge in [0.2, 0.25) is 0 Å². The van der Waals surface area contributed by atoms with Crippen molar-refractivity contribution in [3.8, 4) is 11.5 Å². The summed E-state index contributed by atoms with van der Waals surface area (Å²) in [6.45, 7) is 0.108. The van der Waals surface area contributed by atoms with Gasteiger partial charge in [0.25, 0.3) is 11.8 Å². The Morgan fingerprint density at radius 1 is 1.40 bits per heavy atom. The summed E-state index contributed by atoms with van der Waals surface area (Å²) in [5.74, 6) is -0.540. The van der Waals surface area contributed by atoms with E-state index in [1.807, 2.05) is 13.2 Å². The van der Waals surface area contributed by atoms with Crippen LogP contribution in [0.15, 0.2) is 24.5 Å². The van der Waals surface area contributed by atoms with Crippen LogP contribution < -0.4 is 20.5 Å². The molecule has 1 aromatic carbocycles. The van der Waals surface area contributed by atoms with Crippen molar-refractivity contribution in [3.05, 3.63) is 40.7 Å². The fourth-order valence-corrected chi connectivity index (χ4v) is 2.42. The smallest absolute Gasteiger partial charge is 0.255 e. The second-order valence-corrected chi connectivity index (χ2v) is 5.68. The number of nitrogens with zero attached hydrogens (tertiary/aromatic N) is 2. The summed E-state index contributed by atoms with van der Waals surface area (Å²) in [4.78, 5) is 23.1. The van der Waals surface area contributed by atoms with Crippen LogP contribution in [0, 0.1) is 0 Å². The van der Waals surface area contributed by atoms with E-state index in [9.17, 15) is 9.59 Å². The van der Waals surface area contributed by atoms with Crippen molar-refractivity contribution in [1.29, 1.82) is 0 Å². The number of aryl methyl sites for hydroxylation is 1. The highest BCUT2D eigenvalue weighted by atomic mass is 35.5. The van der Waals surface area contributed by atoms with Crippen LogP contribution in [0.2, 0.25) is 5.02 Å². The fourth-order valence-electron chi connectivity index (χ4n) is 2.16. The van der Waals surface area contributed by atoms with Gasteiger partial charge in [-0.2, -0.15) is 5.10 Å². The van der Waals surface area contributed by atoms with Gasteiger partial charge >= 0.3 is 0 Å². The number of hydrogen-bond donors (Lipinski definition) is 2. The van der Waals surface area contributed by atoms with Crippen molar-refractivity contribution in [2.24, 2.45) is 12.8 Å². The number of carbonyl (C=O) groups is 2. The molecule has 0 fully saturated rings. The molecule has 0 aliphatic carbocycles. The standard InChI is InChI=1S/C16H19ClN4O4/c1-21-8-10(7-20-21)3-4-19-16(23)11-5-12(17)15(13(6-11)24-2)25-9-14(18)22/h5-8H,3-4,9H2,1-2H3,(H2,18,22)(H,19,23). The van der Waals surface area contributed by atoms with Crippen molar-refractivity contribution >= 4 is 23.4 Å². The van der Waals surface area contributed by atoms with Crippen molar-refractivity contribution in [2.45, 2.75) is 6.42 Å². The first-order valence-corrected chi connectivity index (χ1v) is 7.83. The van der Waals surface area contributed by atoms with E-state index >= 15 is 0 Å². The van der Waals surface area contributed by atoms with Crippen molar-refractivity contribution < 1.29 is 19.1 Å². The Morgan fingerprint density at radius 3 is 2.76 bits per heavy atom. The molecule has 2 aromatic rings. The van der Waals surface area contributed by atoms with Crippen LogP contribution >= 0.6 is 11.6 Å². The first-order valence-electron chi connectivity index (χ1n) is 7.45. The van der Waals surface area contributed by atoms with Crippen molar-refractivity contribution in [1.82, 2.24) is 15.1 Å². The molecule has 0 saturated heterocycles. The average molecular weight is 367 g/mol. The first-order chi connectivity index (χ1) is 11.9. The van der Waals surface area contributed by atoms with Crippen LogP contribution in [0.1, 0.15) is 15.9 Å². The number of carbonyl (C=O) groups excluding carboxylic acids is 2. The van der Waals surface area contributed by atoms with E-state index in [1.165, 1.54) is 19.2 Å². The van der Waals surface area contributed by atoms with Gasteiger partial charge in [-0.1, -0.05) is 11.6 Å². The van der Waals surface area contributed by atoms with Gasteiger partial charge in [-0.3, -0.25) is 14.3 Å². The number of nitrogens with one attached hydrogen (secondary N) is 1. The lowest BCUT2D eigenvalue weighted by molar-refractivity contribution is -0.119. The lowest BCUT2D eigenvalue weighted by atomic mass is 10.1. The second-order valence-electron chi connectivity index (χ2n) is 5.27. The molecule has 2 rings (SSSR count). The predicted octanol–water partition coefficient (Wildman–Crippen LogP) is 0.919. The maximum Gasteiger partial charge on any atom is 0.255 e. The fraction of sp³-hybridized carbons (Fsp3) is 0.312. The maximum atomic E-state index is 12.3. The minimum atomic E-state index is -0.643. The van der Waals surface area contributed by atoms with Crippen molar-refractivity contribution in [2.75, 3.05) is 20.3 Å². The zero-order chi connectivity index (χ0) is 18.4. The van der Waals surface area contributed by atoms with Gasteiger partial charge in [-0.05, 0) is 24.1 Å². The number of ether oxygens (including phenoxy) is 2. The quantitative estimate of drug-likeness (QED) is 0.722. The number of primary amides is 1. The third-order valence-electron chi connectivity index (χ3n) is 3.31. The van der Waals surface area contributed by atoms with Gasteiger partial charge < -0.3 is 20.5 Å². The lowest BCUT2D eigenvalue weighted by Crippen LogP contribution is -2.25. The third-order valence-corrected chi connectivity index (χ3v) is 3.59. The van der Waals surface area contributed by atoms with Crippen LogP contribution in [0.3, 0.4) is 0 Å². The summed E-state index contributed by atoms with van der Waals surface area (Å²) in [7, 11) is 3.24. The summed E-state index contributed by atoms with van der Waals surface area (Å²) >= 11 is 6.13. The Labute approximate surface area is 149 Å². The molecule has 0 saturated carbocycles. The van der Waals surface area contributed by atoms with Crippen molar-refractivity contribution in [3.63, 3.8) is 0 Å². The summed E-state index contributed by atoms with van der Waals surface area (Å²) in [6, 6.07) is 2.93. The van der Waals surface area contributed by atoms with Gasteiger partial charge in [0, 0.05) is 25.4 Å². The van der Waals surface area contributed by atoms with Crippen LogP contribution in [0.4, 0.5) is 0 Å². The summed E-state index contributed by atoms with van der Waals surface area (Å²) in [5.41, 5.74) is 6.39. The normalized spacial score (nSPS) is 10.4. The number of benzene rings is 1. The monoisotopic (exact) mass is 366 g/mol. The lowest BCUT2D eigenvalue weighted by Gasteiger charge is -2.13. The molecule has 0 aliphatic heterocycles. The summed E-state index contributed by atoms with van der Waals surface area (Å²) in [5, 5.41) is 7.02. The highest BCUT2D eigenvalue weighted by Crippen LogP contribution is 2.36. The number of hydrogen-bond acceptors (Lipinski definition) is 5. The third kappa shape index (κ3) is 5.12. The molecule has 0 unspecified atom stereocenters. The van der Waals surface area contributed by atoms with Gasteiger partial charge in [0.05, 0.1) is 18.3 Å². The Kier molecular flexibility index (Phi) is 6.24. The number of aromatic nitrogens is 2. The Morgan fingerprint density at radius 2 is 2.16 bits per heavy atom. The van der Waals surface area contributed by atoms with E-state index in [0.29, 0.717) is 18.5 Å². The average Bonchev–Trinajstić information content (AvgIpc) is 2.98. The van der Waals surface area contributed by atoms with Crippen LogP contribution in [-0.2, 0) is 18.3 Å². The number of nitrogens with two attached hydrogens (primary N) is 1. The van der Waals surface area contributed by atoms with Gasteiger partial charge in [0.15, 0.2) is 18.1 Å². The maximum absolute atomic E-state index is 12.3. The molecule has 0 bridgehead atoms. The largest absolute Gasteiger partial charge is 0.493 e. The van der Waals surface area contributed by atoms with E-state index in [2.05, 4.69) is 10.4 Å². The van der Waals surface area contributed by atoms with Gasteiger partial charge in [-0.15, -0.1) is 0 Å². The number of halogens is 1. The van der Waals surface area contributed by atoms with Crippen LogP contribution in [-0.4, -0.2) is 41.9 Å². The van der Waals surface area contributed by atoms with E-state index in [1.54, 1.807) is 10.9 Å². The highest BCUT2D eigenvalue weighted by molar-refractivity contribution is 6.32. The molecule has 0 aliphatic rings. The van der Waals surface area contributed by atoms with E-state index in [-0.39, 0.29) is 29.0 Å². The molecular formula is C16H19ClN4O4. The molecule has 25 heavy (non-hydrogen) atoms. The molecular weight excluding hydrogens is 348 g/mol. The minimum Gasteiger partial charge on any atom is -0.493 e. The molecule has 9 heteroatoms. The topological polar surface area (TPSA) is 108 Å². The second kappa shape index (κ2) is 8.39. The number of rotatable bonds is 8. The zero-order valence-corrected chi connectivity index (χ0v) is 14.7. The zero-order valence-electron chi connectivity index (χ0n) is 13.9. The molecule has 134 valence electrons. The SMILES string of the molecule is COc1cc(C(=O)NCCc2cnn(C)c2)cc(Cl)c1OCC(N)=O. The Balaban J connectivity index is 2.03. The predicted molar refractivity (Wildman–Crippen MR) is 91.9 cm³/mol. The van der Waals surface area contributed by atoms with Gasteiger partial charge in [-0.25, -0.2) is 0 Å². The molecule has 8 nitrogen and oxygen atoms in total. The summed E-state index contributed by atoms with van der Waals surface area (Å²) in [6.07, 6.45) is 4.29. The van der Waals surface area contributed by atoms with Crippen LogP contribution in [0.5, 0.6) is 11.5 Å². The van der Waals surface area contributed by atoms with Gasteiger partial charge in [0.1, 0.15) is 0 Å². The number of amides is 2. The molecule has 2 amide bonds. The van der Waals surface area contributed by atoms with E-state index in [0.717, 1.165) is 5.56 Å². The molecule has 1 aromatic heterocycles. The Hall–Kier alpha value is -2.74.